The first kappa shape index (κ1) is 14.9. The Morgan fingerprint density at radius 3 is 2.28 bits per heavy atom. The second-order valence-electron chi connectivity index (χ2n) is 4.66. The maximum Gasteiger partial charge on any atom is 0.305 e. The average Bonchev–Trinajstić information content (AvgIpc) is 2.27. The molecule has 1 aliphatic heterocycles. The van der Waals surface area contributed by atoms with Crippen LogP contribution in [0.5, 0.6) is 0 Å². The van der Waals surface area contributed by atoms with E-state index in [-0.39, 0.29) is 18.4 Å². The lowest BCUT2D eigenvalue weighted by molar-refractivity contribution is -0.266. The number of esters is 2. The molecule has 0 aromatic heterocycles. The molecule has 0 aromatic rings. The SMILES string of the molecule is CC(=O)OCC1O[C@H](OC(C)=O)C(O)[C@@H](C)[C@H]1C. The van der Waals surface area contributed by atoms with Gasteiger partial charge in [-0.15, -0.1) is 0 Å². The third-order valence-electron chi connectivity index (χ3n) is 3.28. The van der Waals surface area contributed by atoms with E-state index in [1.54, 1.807) is 0 Å². The van der Waals surface area contributed by atoms with E-state index in [4.69, 9.17) is 14.2 Å². The number of ether oxygens (including phenoxy) is 3. The van der Waals surface area contributed by atoms with Crippen LogP contribution in [0.25, 0.3) is 0 Å². The summed E-state index contributed by atoms with van der Waals surface area (Å²) >= 11 is 0. The molecule has 0 bridgehead atoms. The molecule has 0 spiro atoms. The highest BCUT2D eigenvalue weighted by molar-refractivity contribution is 5.66. The minimum absolute atomic E-state index is 0.00819. The van der Waals surface area contributed by atoms with Crippen molar-refractivity contribution in [3.05, 3.63) is 0 Å². The molecule has 0 aromatic carbocycles. The second-order valence-corrected chi connectivity index (χ2v) is 4.66. The van der Waals surface area contributed by atoms with Gasteiger partial charge in [0.05, 0.1) is 6.10 Å². The highest BCUT2D eigenvalue weighted by Crippen LogP contribution is 2.31. The summed E-state index contributed by atoms with van der Waals surface area (Å²) in [7, 11) is 0. The van der Waals surface area contributed by atoms with E-state index in [1.165, 1.54) is 13.8 Å². The molecular weight excluding hydrogens is 240 g/mol. The normalized spacial score (nSPS) is 35.9. The van der Waals surface area contributed by atoms with Crippen LogP contribution in [-0.2, 0) is 23.8 Å². The molecule has 0 amide bonds. The monoisotopic (exact) mass is 260 g/mol. The Labute approximate surface area is 106 Å². The zero-order valence-corrected chi connectivity index (χ0v) is 11.1. The van der Waals surface area contributed by atoms with Crippen LogP contribution < -0.4 is 0 Å². The molecule has 1 N–H and O–H groups in total. The Bertz CT molecular complexity index is 314. The summed E-state index contributed by atoms with van der Waals surface area (Å²) in [6, 6.07) is 0. The van der Waals surface area contributed by atoms with Crippen LogP contribution in [0.1, 0.15) is 27.7 Å². The van der Waals surface area contributed by atoms with Crippen molar-refractivity contribution in [3.8, 4) is 0 Å². The minimum atomic E-state index is -1.01. The lowest BCUT2D eigenvalue weighted by Gasteiger charge is -2.41. The molecule has 1 rings (SSSR count). The molecule has 5 atom stereocenters. The molecule has 6 heteroatoms. The van der Waals surface area contributed by atoms with Crippen molar-refractivity contribution < 1.29 is 28.9 Å². The van der Waals surface area contributed by atoms with Gasteiger partial charge in [0.25, 0.3) is 0 Å². The van der Waals surface area contributed by atoms with Crippen LogP contribution in [0.2, 0.25) is 0 Å². The van der Waals surface area contributed by atoms with Crippen molar-refractivity contribution >= 4 is 11.9 Å². The molecule has 1 fully saturated rings. The van der Waals surface area contributed by atoms with Gasteiger partial charge >= 0.3 is 11.9 Å². The minimum Gasteiger partial charge on any atom is -0.463 e. The van der Waals surface area contributed by atoms with Gasteiger partial charge in [-0.05, 0) is 11.8 Å². The van der Waals surface area contributed by atoms with E-state index in [2.05, 4.69) is 0 Å². The predicted molar refractivity (Wildman–Crippen MR) is 61.4 cm³/mol. The molecule has 0 saturated carbocycles. The molecular formula is C12H20O6. The van der Waals surface area contributed by atoms with Crippen LogP contribution in [-0.4, -0.2) is 42.1 Å². The number of aliphatic hydroxyl groups is 1. The summed E-state index contributed by atoms with van der Waals surface area (Å²) < 4.78 is 15.3. The van der Waals surface area contributed by atoms with E-state index >= 15 is 0 Å². The summed E-state index contributed by atoms with van der Waals surface area (Å²) in [6.07, 6.45) is -2.27. The van der Waals surface area contributed by atoms with Crippen molar-refractivity contribution in [2.75, 3.05) is 6.61 Å². The lowest BCUT2D eigenvalue weighted by atomic mass is 9.84. The van der Waals surface area contributed by atoms with Crippen molar-refractivity contribution in [2.24, 2.45) is 11.8 Å². The number of hydrogen-bond acceptors (Lipinski definition) is 6. The Balaban J connectivity index is 2.67. The molecule has 0 aliphatic carbocycles. The quantitative estimate of drug-likeness (QED) is 0.743. The second kappa shape index (κ2) is 6.15. The van der Waals surface area contributed by atoms with E-state index in [0.29, 0.717) is 0 Å². The van der Waals surface area contributed by atoms with Crippen LogP contribution in [0.15, 0.2) is 0 Å². The summed E-state index contributed by atoms with van der Waals surface area (Å²) in [5.41, 5.74) is 0. The molecule has 1 saturated heterocycles. The summed E-state index contributed by atoms with van der Waals surface area (Å²) in [5.74, 6) is -1.05. The Morgan fingerprint density at radius 1 is 1.17 bits per heavy atom. The third-order valence-corrected chi connectivity index (χ3v) is 3.28. The van der Waals surface area contributed by atoms with Gasteiger partial charge in [-0.2, -0.15) is 0 Å². The van der Waals surface area contributed by atoms with E-state index in [0.717, 1.165) is 0 Å². The van der Waals surface area contributed by atoms with Gasteiger partial charge in [-0.3, -0.25) is 9.59 Å². The maximum absolute atomic E-state index is 10.9. The van der Waals surface area contributed by atoms with Crippen molar-refractivity contribution in [1.29, 1.82) is 0 Å². The first-order valence-corrected chi connectivity index (χ1v) is 5.97. The molecule has 0 radical (unpaired) electrons. The Kier molecular flexibility index (Phi) is 5.10. The van der Waals surface area contributed by atoms with E-state index in [9.17, 15) is 14.7 Å². The summed E-state index contributed by atoms with van der Waals surface area (Å²) in [6.45, 7) is 6.39. The molecule has 18 heavy (non-hydrogen) atoms. The smallest absolute Gasteiger partial charge is 0.305 e. The van der Waals surface area contributed by atoms with Gasteiger partial charge < -0.3 is 19.3 Å². The highest BCUT2D eigenvalue weighted by Gasteiger charge is 2.42. The number of rotatable bonds is 3. The molecule has 2 unspecified atom stereocenters. The first-order valence-electron chi connectivity index (χ1n) is 5.97. The molecule has 1 aliphatic rings. The fraction of sp³-hybridized carbons (Fsp3) is 0.833. The fourth-order valence-electron chi connectivity index (χ4n) is 1.93. The fourth-order valence-corrected chi connectivity index (χ4v) is 1.93. The van der Waals surface area contributed by atoms with Gasteiger partial charge in [0.15, 0.2) is 0 Å². The van der Waals surface area contributed by atoms with Gasteiger partial charge in [0.1, 0.15) is 12.7 Å². The summed E-state index contributed by atoms with van der Waals surface area (Å²) in [5, 5.41) is 9.94. The molecule has 104 valence electrons. The zero-order chi connectivity index (χ0) is 13.9. The predicted octanol–water partition coefficient (Wildman–Crippen LogP) is 0.471. The number of aliphatic hydroxyl groups excluding tert-OH is 1. The van der Waals surface area contributed by atoms with Crippen LogP contribution in [0.4, 0.5) is 0 Å². The maximum atomic E-state index is 10.9. The van der Waals surface area contributed by atoms with E-state index in [1.807, 2.05) is 13.8 Å². The Morgan fingerprint density at radius 2 is 1.78 bits per heavy atom. The topological polar surface area (TPSA) is 82.1 Å². The zero-order valence-electron chi connectivity index (χ0n) is 11.1. The van der Waals surface area contributed by atoms with E-state index < -0.39 is 30.4 Å². The standard InChI is InChI=1S/C12H20O6/c1-6-7(2)11(15)12(17-9(4)14)18-10(6)5-16-8(3)13/h6-7,10-12,15H,5H2,1-4H3/t6-,7+,10?,11?,12+/m1/s1. The largest absolute Gasteiger partial charge is 0.463 e. The third kappa shape index (κ3) is 3.68. The van der Waals surface area contributed by atoms with Gasteiger partial charge in [-0.25, -0.2) is 0 Å². The van der Waals surface area contributed by atoms with Gasteiger partial charge in [0.2, 0.25) is 6.29 Å². The number of carbonyl (C=O) groups excluding carboxylic acids is 2. The van der Waals surface area contributed by atoms with Crippen molar-refractivity contribution in [1.82, 2.24) is 0 Å². The molecule has 1 heterocycles. The number of hydrogen-bond donors (Lipinski definition) is 1. The van der Waals surface area contributed by atoms with Gasteiger partial charge in [-0.1, -0.05) is 13.8 Å². The van der Waals surface area contributed by atoms with Crippen molar-refractivity contribution in [3.63, 3.8) is 0 Å². The van der Waals surface area contributed by atoms with Crippen LogP contribution in [0, 0.1) is 11.8 Å². The summed E-state index contributed by atoms with van der Waals surface area (Å²) in [4.78, 5) is 21.7. The van der Waals surface area contributed by atoms with Crippen LogP contribution in [0.3, 0.4) is 0 Å². The van der Waals surface area contributed by atoms with Crippen molar-refractivity contribution in [2.45, 2.75) is 46.2 Å². The Hall–Kier alpha value is -1.14. The van der Waals surface area contributed by atoms with Gasteiger partial charge in [0, 0.05) is 13.8 Å². The highest BCUT2D eigenvalue weighted by atomic mass is 16.7. The lowest BCUT2D eigenvalue weighted by Crippen LogP contribution is -2.52. The molecule has 6 nitrogen and oxygen atoms in total. The average molecular weight is 260 g/mol. The van der Waals surface area contributed by atoms with Crippen LogP contribution >= 0.6 is 0 Å². The first-order chi connectivity index (χ1) is 8.32. The number of carbonyl (C=O) groups is 2.